The summed E-state index contributed by atoms with van der Waals surface area (Å²) < 4.78 is 0. The second-order valence-electron chi connectivity index (χ2n) is 6.12. The first kappa shape index (κ1) is 17.0. The number of hydrogen-bond acceptors (Lipinski definition) is 3. The van der Waals surface area contributed by atoms with Crippen LogP contribution in [0, 0.1) is 0 Å². The van der Waals surface area contributed by atoms with E-state index in [9.17, 15) is 14.4 Å². The van der Waals surface area contributed by atoms with Gasteiger partial charge in [-0.25, -0.2) is 4.79 Å². The van der Waals surface area contributed by atoms with Crippen molar-refractivity contribution in [2.24, 2.45) is 0 Å². The van der Waals surface area contributed by atoms with Gasteiger partial charge in [-0.05, 0) is 30.5 Å². The quantitative estimate of drug-likeness (QED) is 0.748. The molecule has 1 heterocycles. The first-order valence-electron chi connectivity index (χ1n) is 7.65. The zero-order valence-electron chi connectivity index (χ0n) is 13.2. The fourth-order valence-electron chi connectivity index (χ4n) is 2.64. The van der Waals surface area contributed by atoms with Crippen LogP contribution in [0.25, 0.3) is 0 Å². The van der Waals surface area contributed by atoms with Crippen molar-refractivity contribution < 1.29 is 14.4 Å². The highest BCUT2D eigenvalue weighted by Crippen LogP contribution is 2.30. The summed E-state index contributed by atoms with van der Waals surface area (Å²) in [4.78, 5) is 40.6. The molecule has 3 rings (SSSR count). The summed E-state index contributed by atoms with van der Waals surface area (Å²) in [5, 5.41) is 0.864. The van der Waals surface area contributed by atoms with Crippen LogP contribution in [0.2, 0.25) is 10.0 Å². The van der Waals surface area contributed by atoms with Crippen molar-refractivity contribution in [2.75, 3.05) is 20.1 Å². The molecule has 128 valence electrons. The van der Waals surface area contributed by atoms with Crippen LogP contribution < -0.4 is 0 Å². The minimum absolute atomic E-state index is 0.0767. The molecule has 2 fully saturated rings. The van der Waals surface area contributed by atoms with Crippen molar-refractivity contribution in [1.29, 1.82) is 0 Å². The number of nitrogens with zero attached hydrogens (tertiary/aromatic N) is 3. The molecular weight excluding hydrogens is 353 g/mol. The molecule has 0 bridgehead atoms. The Morgan fingerprint density at radius 2 is 1.96 bits per heavy atom. The van der Waals surface area contributed by atoms with Crippen LogP contribution in [0.15, 0.2) is 18.2 Å². The zero-order chi connectivity index (χ0) is 17.4. The lowest BCUT2D eigenvalue weighted by molar-refractivity contribution is -0.136. The summed E-state index contributed by atoms with van der Waals surface area (Å²) in [5.74, 6) is -0.622. The minimum atomic E-state index is -0.362. The van der Waals surface area contributed by atoms with Crippen LogP contribution in [0.5, 0.6) is 0 Å². The molecule has 0 unspecified atom stereocenters. The van der Waals surface area contributed by atoms with E-state index in [1.54, 1.807) is 30.1 Å². The first-order chi connectivity index (χ1) is 11.4. The topological polar surface area (TPSA) is 60.9 Å². The zero-order valence-corrected chi connectivity index (χ0v) is 14.7. The van der Waals surface area contributed by atoms with Gasteiger partial charge in [0, 0.05) is 19.6 Å². The Hall–Kier alpha value is -1.79. The van der Waals surface area contributed by atoms with Crippen molar-refractivity contribution in [2.45, 2.75) is 25.4 Å². The minimum Gasteiger partial charge on any atom is -0.340 e. The van der Waals surface area contributed by atoms with Gasteiger partial charge in [0.1, 0.15) is 13.1 Å². The smallest absolute Gasteiger partial charge is 0.327 e. The predicted octanol–water partition coefficient (Wildman–Crippen LogP) is 2.38. The fraction of sp³-hybridized carbons (Fsp3) is 0.438. The highest BCUT2D eigenvalue weighted by atomic mass is 35.5. The molecule has 0 radical (unpaired) electrons. The third kappa shape index (κ3) is 3.49. The lowest BCUT2D eigenvalue weighted by atomic mass is 10.2. The normalized spacial score (nSPS) is 17.6. The Morgan fingerprint density at radius 3 is 2.58 bits per heavy atom. The molecule has 1 saturated heterocycles. The van der Waals surface area contributed by atoms with Gasteiger partial charge in [-0.15, -0.1) is 0 Å². The van der Waals surface area contributed by atoms with Gasteiger partial charge in [0.05, 0.1) is 10.0 Å². The number of urea groups is 1. The molecule has 1 aliphatic heterocycles. The van der Waals surface area contributed by atoms with Crippen molar-refractivity contribution in [3.63, 3.8) is 0 Å². The van der Waals surface area contributed by atoms with Gasteiger partial charge in [0.15, 0.2) is 0 Å². The number of benzene rings is 1. The second kappa shape index (κ2) is 6.61. The first-order valence-corrected chi connectivity index (χ1v) is 8.41. The van der Waals surface area contributed by atoms with Gasteiger partial charge < -0.3 is 9.80 Å². The molecule has 1 aliphatic carbocycles. The second-order valence-corrected chi connectivity index (χ2v) is 6.93. The molecule has 4 amide bonds. The van der Waals surface area contributed by atoms with Gasteiger partial charge in [0.2, 0.25) is 5.91 Å². The SMILES string of the molecule is CN(Cc1ccc(Cl)c(Cl)c1)C(=O)CN1C(=O)CN(C2CC2)C1=O. The fourth-order valence-corrected chi connectivity index (χ4v) is 2.96. The van der Waals surface area contributed by atoms with Crippen LogP contribution in [-0.4, -0.2) is 58.7 Å². The summed E-state index contributed by atoms with van der Waals surface area (Å²) in [5.41, 5.74) is 0.818. The van der Waals surface area contributed by atoms with Crippen molar-refractivity contribution >= 4 is 41.0 Å². The molecule has 0 aromatic heterocycles. The molecule has 2 aliphatic rings. The summed E-state index contributed by atoms with van der Waals surface area (Å²) in [6.45, 7) is 0.157. The Bertz CT molecular complexity index is 706. The maximum absolute atomic E-state index is 12.3. The highest BCUT2D eigenvalue weighted by molar-refractivity contribution is 6.42. The number of likely N-dealkylation sites (N-methyl/N-ethyl adjacent to an activating group) is 1. The van der Waals surface area contributed by atoms with Gasteiger partial charge in [-0.3, -0.25) is 14.5 Å². The molecular formula is C16H17Cl2N3O3. The average molecular weight is 370 g/mol. The number of imide groups is 1. The number of rotatable bonds is 5. The summed E-state index contributed by atoms with van der Waals surface area (Å²) in [6.07, 6.45) is 1.86. The third-order valence-electron chi connectivity index (χ3n) is 4.19. The Kier molecular flexibility index (Phi) is 4.69. The number of carbonyl (C=O) groups is 3. The molecule has 8 heteroatoms. The van der Waals surface area contributed by atoms with Crippen molar-refractivity contribution in [3.8, 4) is 0 Å². The molecule has 1 saturated carbocycles. The van der Waals surface area contributed by atoms with E-state index >= 15 is 0 Å². The summed E-state index contributed by atoms with van der Waals surface area (Å²) >= 11 is 11.8. The standard InChI is InChI=1S/C16H17Cl2N3O3/c1-19(7-10-2-5-12(17)13(18)6-10)14(22)8-21-15(23)9-20(16(21)24)11-3-4-11/h2,5-6,11H,3-4,7-9H2,1H3. The van der Waals surface area contributed by atoms with E-state index in [-0.39, 0.29) is 37.0 Å². The van der Waals surface area contributed by atoms with Crippen LogP contribution in [0.4, 0.5) is 4.79 Å². The number of carbonyl (C=O) groups excluding carboxylic acids is 3. The van der Waals surface area contributed by atoms with Crippen LogP contribution in [0.3, 0.4) is 0 Å². The van der Waals surface area contributed by atoms with Gasteiger partial charge in [-0.2, -0.15) is 0 Å². The summed E-state index contributed by atoms with van der Waals surface area (Å²) in [6, 6.07) is 4.93. The van der Waals surface area contributed by atoms with E-state index in [1.165, 1.54) is 4.90 Å². The highest BCUT2D eigenvalue weighted by Gasteiger charge is 2.44. The van der Waals surface area contributed by atoms with Gasteiger partial charge in [-0.1, -0.05) is 29.3 Å². The third-order valence-corrected chi connectivity index (χ3v) is 4.93. The molecule has 24 heavy (non-hydrogen) atoms. The number of amides is 4. The number of halogens is 2. The molecule has 0 atom stereocenters. The van der Waals surface area contributed by atoms with E-state index in [0.29, 0.717) is 16.6 Å². The Balaban J connectivity index is 1.60. The lowest BCUT2D eigenvalue weighted by Gasteiger charge is -2.21. The van der Waals surface area contributed by atoms with Crippen LogP contribution in [0.1, 0.15) is 18.4 Å². The van der Waals surface area contributed by atoms with E-state index < -0.39 is 0 Å². The maximum atomic E-state index is 12.3. The Morgan fingerprint density at radius 1 is 1.25 bits per heavy atom. The van der Waals surface area contributed by atoms with E-state index in [4.69, 9.17) is 23.2 Å². The van der Waals surface area contributed by atoms with E-state index in [0.717, 1.165) is 23.3 Å². The predicted molar refractivity (Wildman–Crippen MR) is 89.8 cm³/mol. The van der Waals surface area contributed by atoms with Gasteiger partial charge in [0.25, 0.3) is 5.91 Å². The Labute approximate surface area is 149 Å². The van der Waals surface area contributed by atoms with Crippen LogP contribution in [-0.2, 0) is 16.1 Å². The average Bonchev–Trinajstić information content (AvgIpc) is 3.33. The molecule has 0 N–H and O–H groups in total. The van der Waals surface area contributed by atoms with Crippen molar-refractivity contribution in [3.05, 3.63) is 33.8 Å². The monoisotopic (exact) mass is 369 g/mol. The maximum Gasteiger partial charge on any atom is 0.327 e. The van der Waals surface area contributed by atoms with Crippen LogP contribution >= 0.6 is 23.2 Å². The van der Waals surface area contributed by atoms with Gasteiger partial charge >= 0.3 is 6.03 Å². The molecule has 1 aromatic carbocycles. The summed E-state index contributed by atoms with van der Waals surface area (Å²) in [7, 11) is 1.62. The van der Waals surface area contributed by atoms with E-state index in [2.05, 4.69) is 0 Å². The molecule has 1 aromatic rings. The molecule has 6 nitrogen and oxygen atoms in total. The lowest BCUT2D eigenvalue weighted by Crippen LogP contribution is -2.42. The van der Waals surface area contributed by atoms with E-state index in [1.807, 2.05) is 0 Å². The number of hydrogen-bond donors (Lipinski definition) is 0. The van der Waals surface area contributed by atoms with Crippen molar-refractivity contribution in [1.82, 2.24) is 14.7 Å². The largest absolute Gasteiger partial charge is 0.340 e. The molecule has 0 spiro atoms.